The third-order valence-electron chi connectivity index (χ3n) is 6.86. The number of ether oxygens (including phenoxy) is 1. The SMILES string of the molecule is C=CCN(CC=C)C(=O)N1CCC(CN2CCC(NC(=O)c3cc(Cl)c(N)cc3OC)CC2)CC1. The van der Waals surface area contributed by atoms with Crippen molar-refractivity contribution in [1.29, 1.82) is 0 Å². The van der Waals surface area contributed by atoms with Crippen LogP contribution in [0.4, 0.5) is 10.5 Å². The van der Waals surface area contributed by atoms with Gasteiger partial charge in [-0.3, -0.25) is 4.79 Å². The van der Waals surface area contributed by atoms with Gasteiger partial charge in [-0.25, -0.2) is 4.79 Å². The van der Waals surface area contributed by atoms with Gasteiger partial charge < -0.3 is 30.5 Å². The highest BCUT2D eigenvalue weighted by atomic mass is 35.5. The standard InChI is InChI=1S/C26H38ClN5O3/c1-4-10-31(11-5-2)26(34)32-14-6-19(7-15-32)18-30-12-8-20(9-13-30)29-25(33)21-16-22(27)23(28)17-24(21)35-3/h4-5,16-17,19-20H,1-2,6-15,18,28H2,3H3,(H,29,33). The van der Waals surface area contributed by atoms with Gasteiger partial charge >= 0.3 is 6.03 Å². The molecule has 0 radical (unpaired) electrons. The molecule has 0 atom stereocenters. The van der Waals surface area contributed by atoms with E-state index in [1.807, 2.05) is 4.90 Å². The minimum atomic E-state index is -0.193. The molecule has 9 heteroatoms. The highest BCUT2D eigenvalue weighted by Gasteiger charge is 2.28. The maximum Gasteiger partial charge on any atom is 0.320 e. The van der Waals surface area contributed by atoms with E-state index in [9.17, 15) is 9.59 Å². The van der Waals surface area contributed by atoms with Crippen LogP contribution in [0, 0.1) is 5.92 Å². The number of hydrogen-bond donors (Lipinski definition) is 2. The van der Waals surface area contributed by atoms with Crippen LogP contribution < -0.4 is 15.8 Å². The number of nitrogens with two attached hydrogens (primary N) is 1. The van der Waals surface area contributed by atoms with Crippen molar-refractivity contribution in [3.63, 3.8) is 0 Å². The summed E-state index contributed by atoms with van der Waals surface area (Å²) in [6.45, 7) is 13.1. The van der Waals surface area contributed by atoms with Gasteiger partial charge in [-0.2, -0.15) is 0 Å². The number of nitrogen functional groups attached to an aromatic ring is 1. The summed E-state index contributed by atoms with van der Waals surface area (Å²) >= 11 is 6.11. The van der Waals surface area contributed by atoms with Gasteiger partial charge in [0.05, 0.1) is 23.4 Å². The number of halogens is 1. The number of piperidine rings is 2. The lowest BCUT2D eigenvalue weighted by molar-refractivity contribution is 0.0886. The number of likely N-dealkylation sites (tertiary alicyclic amines) is 2. The zero-order valence-electron chi connectivity index (χ0n) is 20.7. The van der Waals surface area contributed by atoms with E-state index in [4.69, 9.17) is 22.1 Å². The predicted molar refractivity (Wildman–Crippen MR) is 141 cm³/mol. The monoisotopic (exact) mass is 503 g/mol. The molecule has 1 aromatic carbocycles. The van der Waals surface area contributed by atoms with Crippen molar-refractivity contribution in [1.82, 2.24) is 20.0 Å². The molecule has 0 spiro atoms. The largest absolute Gasteiger partial charge is 0.496 e. The molecule has 2 heterocycles. The fourth-order valence-electron chi connectivity index (χ4n) is 4.85. The molecule has 0 unspecified atom stereocenters. The first kappa shape index (κ1) is 26.9. The van der Waals surface area contributed by atoms with E-state index in [0.717, 1.165) is 58.4 Å². The summed E-state index contributed by atoms with van der Waals surface area (Å²) in [5.41, 5.74) is 6.61. The lowest BCUT2D eigenvalue weighted by Gasteiger charge is -2.39. The van der Waals surface area contributed by atoms with Gasteiger partial charge in [-0.1, -0.05) is 23.8 Å². The Kier molecular flexibility index (Phi) is 9.86. The summed E-state index contributed by atoms with van der Waals surface area (Å²) < 4.78 is 5.31. The zero-order chi connectivity index (χ0) is 25.4. The van der Waals surface area contributed by atoms with Gasteiger partial charge in [-0.05, 0) is 37.7 Å². The van der Waals surface area contributed by atoms with Gasteiger partial charge in [-0.15, -0.1) is 13.2 Å². The lowest BCUT2D eigenvalue weighted by atomic mass is 9.94. The number of carbonyl (C=O) groups is 2. The number of nitrogens with zero attached hydrogens (tertiary/aromatic N) is 3. The second-order valence-electron chi connectivity index (χ2n) is 9.32. The Morgan fingerprint density at radius 3 is 2.34 bits per heavy atom. The van der Waals surface area contributed by atoms with Crippen molar-refractivity contribution in [3.8, 4) is 5.75 Å². The average Bonchev–Trinajstić information content (AvgIpc) is 2.86. The molecule has 2 saturated heterocycles. The summed E-state index contributed by atoms with van der Waals surface area (Å²) in [5, 5.41) is 3.46. The molecule has 0 saturated carbocycles. The minimum Gasteiger partial charge on any atom is -0.496 e. The Balaban J connectivity index is 1.42. The number of anilines is 1. The van der Waals surface area contributed by atoms with E-state index in [1.54, 1.807) is 29.2 Å². The van der Waals surface area contributed by atoms with Crippen molar-refractivity contribution in [2.45, 2.75) is 31.7 Å². The summed E-state index contributed by atoms with van der Waals surface area (Å²) in [5.74, 6) is 0.809. The summed E-state index contributed by atoms with van der Waals surface area (Å²) in [6.07, 6.45) is 7.31. The van der Waals surface area contributed by atoms with E-state index in [0.29, 0.717) is 41.0 Å². The molecule has 3 N–H and O–H groups in total. The normalized spacial score (nSPS) is 17.6. The first-order chi connectivity index (χ1) is 16.9. The number of amides is 3. The van der Waals surface area contributed by atoms with E-state index >= 15 is 0 Å². The molecule has 192 valence electrons. The second-order valence-corrected chi connectivity index (χ2v) is 9.72. The average molecular weight is 504 g/mol. The van der Waals surface area contributed by atoms with Gasteiger partial charge in [0, 0.05) is 57.9 Å². The topological polar surface area (TPSA) is 91.1 Å². The number of carbonyl (C=O) groups excluding carboxylic acids is 2. The lowest BCUT2D eigenvalue weighted by Crippen LogP contribution is -2.49. The maximum absolute atomic E-state index is 12.8. The smallest absolute Gasteiger partial charge is 0.320 e. The molecule has 1 aromatic rings. The molecule has 0 bridgehead atoms. The molecular weight excluding hydrogens is 466 g/mol. The third kappa shape index (κ3) is 7.15. The number of benzene rings is 1. The van der Waals surface area contributed by atoms with Gasteiger partial charge in [0.1, 0.15) is 5.75 Å². The van der Waals surface area contributed by atoms with Crippen LogP contribution in [0.1, 0.15) is 36.0 Å². The molecule has 2 fully saturated rings. The summed E-state index contributed by atoms with van der Waals surface area (Å²) in [7, 11) is 1.51. The molecule has 2 aliphatic rings. The number of urea groups is 1. The fourth-order valence-corrected chi connectivity index (χ4v) is 5.02. The molecular formula is C26H38ClN5O3. The summed E-state index contributed by atoms with van der Waals surface area (Å²) in [4.78, 5) is 31.8. The molecule has 8 nitrogen and oxygen atoms in total. The molecule has 2 aliphatic heterocycles. The van der Waals surface area contributed by atoms with Crippen molar-refractivity contribution in [3.05, 3.63) is 48.0 Å². The van der Waals surface area contributed by atoms with E-state index in [-0.39, 0.29) is 18.0 Å². The molecule has 0 aliphatic carbocycles. The van der Waals surface area contributed by atoms with Crippen molar-refractivity contribution < 1.29 is 14.3 Å². The number of hydrogen-bond acceptors (Lipinski definition) is 5. The second kappa shape index (κ2) is 12.8. The van der Waals surface area contributed by atoms with Crippen LogP contribution in [0.3, 0.4) is 0 Å². The highest BCUT2D eigenvalue weighted by Crippen LogP contribution is 2.29. The van der Waals surface area contributed by atoms with Crippen molar-refractivity contribution in [2.24, 2.45) is 5.92 Å². The number of rotatable bonds is 9. The van der Waals surface area contributed by atoms with E-state index in [2.05, 4.69) is 23.4 Å². The van der Waals surface area contributed by atoms with Crippen LogP contribution in [-0.4, -0.2) is 85.6 Å². The maximum atomic E-state index is 12.8. The third-order valence-corrected chi connectivity index (χ3v) is 7.18. The predicted octanol–water partition coefficient (Wildman–Crippen LogP) is 3.63. The molecule has 35 heavy (non-hydrogen) atoms. The fraction of sp³-hybridized carbons (Fsp3) is 0.538. The van der Waals surface area contributed by atoms with Crippen LogP contribution >= 0.6 is 11.6 Å². The Morgan fingerprint density at radius 2 is 1.77 bits per heavy atom. The highest BCUT2D eigenvalue weighted by molar-refractivity contribution is 6.33. The number of methoxy groups -OCH3 is 1. The molecule has 3 amide bonds. The molecule has 0 aromatic heterocycles. The zero-order valence-corrected chi connectivity index (χ0v) is 21.4. The first-order valence-electron chi connectivity index (χ1n) is 12.3. The van der Waals surface area contributed by atoms with Crippen molar-refractivity contribution in [2.75, 3.05) is 58.7 Å². The van der Waals surface area contributed by atoms with Crippen LogP contribution in [0.5, 0.6) is 5.75 Å². The Hall–Kier alpha value is -2.71. The van der Waals surface area contributed by atoms with E-state index in [1.165, 1.54) is 7.11 Å². The van der Waals surface area contributed by atoms with Crippen LogP contribution in [0.15, 0.2) is 37.4 Å². The first-order valence-corrected chi connectivity index (χ1v) is 12.7. The van der Waals surface area contributed by atoms with Crippen LogP contribution in [0.25, 0.3) is 0 Å². The van der Waals surface area contributed by atoms with Crippen molar-refractivity contribution >= 4 is 29.2 Å². The summed E-state index contributed by atoms with van der Waals surface area (Å²) in [6, 6.07) is 3.32. The van der Waals surface area contributed by atoms with Gasteiger partial charge in [0.25, 0.3) is 5.91 Å². The van der Waals surface area contributed by atoms with Crippen LogP contribution in [0.2, 0.25) is 5.02 Å². The Morgan fingerprint density at radius 1 is 1.14 bits per heavy atom. The number of nitrogens with one attached hydrogen (secondary N) is 1. The van der Waals surface area contributed by atoms with Crippen LogP contribution in [-0.2, 0) is 0 Å². The van der Waals surface area contributed by atoms with Gasteiger partial charge in [0.2, 0.25) is 0 Å². The quantitative estimate of drug-likeness (QED) is 0.396. The van der Waals surface area contributed by atoms with Gasteiger partial charge in [0.15, 0.2) is 0 Å². The Bertz CT molecular complexity index is 898. The molecule has 3 rings (SSSR count). The minimum absolute atomic E-state index is 0.0684. The van der Waals surface area contributed by atoms with E-state index < -0.39 is 0 Å². The Labute approximate surface area is 213 Å².